The highest BCUT2D eigenvalue weighted by Crippen LogP contribution is 2.21. The van der Waals surface area contributed by atoms with E-state index >= 15 is 0 Å². The lowest BCUT2D eigenvalue weighted by Gasteiger charge is -2.26. The first kappa shape index (κ1) is 17.2. The van der Waals surface area contributed by atoms with E-state index in [1.165, 1.54) is 32.4 Å². The Balaban J connectivity index is 1.45. The third-order valence-electron chi connectivity index (χ3n) is 4.34. The van der Waals surface area contributed by atoms with E-state index in [4.69, 9.17) is 4.74 Å². The van der Waals surface area contributed by atoms with Crippen LogP contribution < -0.4 is 4.74 Å². The van der Waals surface area contributed by atoms with Crippen LogP contribution in [0.15, 0.2) is 41.4 Å². The lowest BCUT2D eigenvalue weighted by atomic mass is 10.1. The summed E-state index contributed by atoms with van der Waals surface area (Å²) >= 11 is 1.60. The fourth-order valence-electron chi connectivity index (χ4n) is 2.97. The van der Waals surface area contributed by atoms with E-state index in [2.05, 4.69) is 15.1 Å². The van der Waals surface area contributed by atoms with Crippen LogP contribution in [0, 0.1) is 0 Å². The fourth-order valence-corrected chi connectivity index (χ4v) is 3.29. The summed E-state index contributed by atoms with van der Waals surface area (Å²) in [7, 11) is 0. The first-order valence-corrected chi connectivity index (χ1v) is 9.91. The second kappa shape index (κ2) is 9.04. The number of nitrogens with zero attached hydrogens (tertiary/aromatic N) is 3. The summed E-state index contributed by atoms with van der Waals surface area (Å²) in [4.78, 5) is 2.55. The van der Waals surface area contributed by atoms with E-state index in [1.54, 1.807) is 11.8 Å². The molecule has 0 aliphatic carbocycles. The molecule has 4 nitrogen and oxygen atoms in total. The normalized spacial score (nSPS) is 15.4. The molecule has 1 aromatic heterocycles. The van der Waals surface area contributed by atoms with Crippen molar-refractivity contribution in [3.05, 3.63) is 36.4 Å². The third-order valence-corrected chi connectivity index (χ3v) is 4.97. The molecule has 1 aromatic carbocycles. The van der Waals surface area contributed by atoms with Crippen LogP contribution in [0.1, 0.15) is 25.7 Å². The van der Waals surface area contributed by atoms with Gasteiger partial charge in [0.15, 0.2) is 0 Å². The average molecular weight is 343 g/mol. The zero-order valence-electron chi connectivity index (χ0n) is 14.3. The van der Waals surface area contributed by atoms with Gasteiger partial charge in [0.2, 0.25) is 0 Å². The molecular weight excluding hydrogens is 318 g/mol. The molecule has 3 rings (SSSR count). The zero-order chi connectivity index (χ0) is 16.6. The molecule has 2 heterocycles. The van der Waals surface area contributed by atoms with E-state index < -0.39 is 0 Å². The van der Waals surface area contributed by atoms with E-state index in [-0.39, 0.29) is 0 Å². The Hall–Kier alpha value is -1.59. The standard InChI is InChI=1S/C19H25N3OS/c1-24-19-11-10-18(20-21-19)16-6-8-17(9-7-16)23-15-5-14-22-12-3-2-4-13-22/h6-11H,2-5,12-15H2,1H3. The minimum absolute atomic E-state index is 0.776. The molecular formula is C19H25N3OS. The Morgan fingerprint density at radius 3 is 2.46 bits per heavy atom. The second-order valence-corrected chi connectivity index (χ2v) is 6.92. The molecule has 0 N–H and O–H groups in total. The van der Waals surface area contributed by atoms with Gasteiger partial charge in [-0.3, -0.25) is 0 Å². The number of hydrogen-bond acceptors (Lipinski definition) is 5. The highest BCUT2D eigenvalue weighted by atomic mass is 32.2. The molecule has 128 valence electrons. The predicted octanol–water partition coefficient (Wildman–Crippen LogP) is 4.12. The summed E-state index contributed by atoms with van der Waals surface area (Å²) in [6.07, 6.45) is 7.18. The van der Waals surface area contributed by atoms with Crippen LogP contribution >= 0.6 is 11.8 Å². The maximum Gasteiger partial charge on any atom is 0.119 e. The molecule has 0 amide bonds. The Morgan fingerprint density at radius 2 is 1.79 bits per heavy atom. The van der Waals surface area contributed by atoms with Crippen molar-refractivity contribution in [2.24, 2.45) is 0 Å². The summed E-state index contributed by atoms with van der Waals surface area (Å²) in [5, 5.41) is 9.37. The molecule has 0 atom stereocenters. The molecule has 1 saturated heterocycles. The zero-order valence-corrected chi connectivity index (χ0v) is 15.1. The monoisotopic (exact) mass is 343 g/mol. The van der Waals surface area contributed by atoms with Gasteiger partial charge in [-0.25, -0.2) is 0 Å². The number of thioether (sulfide) groups is 1. The lowest BCUT2D eigenvalue weighted by Crippen LogP contribution is -2.31. The minimum atomic E-state index is 0.776. The summed E-state index contributed by atoms with van der Waals surface area (Å²) in [5.74, 6) is 0.922. The first-order chi connectivity index (χ1) is 11.8. The van der Waals surface area contributed by atoms with Gasteiger partial charge in [-0.1, -0.05) is 6.42 Å². The Kier molecular flexibility index (Phi) is 6.49. The van der Waals surface area contributed by atoms with Crippen LogP contribution in [0.5, 0.6) is 5.75 Å². The molecule has 0 unspecified atom stereocenters. The van der Waals surface area contributed by atoms with Crippen molar-refractivity contribution in [2.45, 2.75) is 30.7 Å². The third kappa shape index (κ3) is 4.95. The van der Waals surface area contributed by atoms with Crippen molar-refractivity contribution >= 4 is 11.8 Å². The highest BCUT2D eigenvalue weighted by molar-refractivity contribution is 7.98. The van der Waals surface area contributed by atoms with Crippen LogP contribution in [-0.2, 0) is 0 Å². The predicted molar refractivity (Wildman–Crippen MR) is 99.7 cm³/mol. The second-order valence-electron chi connectivity index (χ2n) is 6.09. The summed E-state index contributed by atoms with van der Waals surface area (Å²) in [5.41, 5.74) is 1.96. The van der Waals surface area contributed by atoms with Gasteiger partial charge in [0.25, 0.3) is 0 Å². The van der Waals surface area contributed by atoms with Gasteiger partial charge in [-0.15, -0.1) is 22.0 Å². The van der Waals surface area contributed by atoms with Crippen LogP contribution in [-0.4, -0.2) is 47.6 Å². The molecule has 1 aliphatic rings. The number of likely N-dealkylation sites (tertiary alicyclic amines) is 1. The quantitative estimate of drug-likeness (QED) is 0.558. The highest BCUT2D eigenvalue weighted by Gasteiger charge is 2.09. The van der Waals surface area contributed by atoms with Crippen molar-refractivity contribution in [1.82, 2.24) is 15.1 Å². The molecule has 2 aromatic rings. The number of benzene rings is 1. The largest absolute Gasteiger partial charge is 0.494 e. The molecule has 5 heteroatoms. The summed E-state index contributed by atoms with van der Waals surface area (Å²) in [6, 6.07) is 12.1. The number of aromatic nitrogens is 2. The van der Waals surface area contributed by atoms with Crippen molar-refractivity contribution in [1.29, 1.82) is 0 Å². The van der Waals surface area contributed by atoms with Gasteiger partial charge in [0, 0.05) is 12.1 Å². The van der Waals surface area contributed by atoms with Gasteiger partial charge in [0.1, 0.15) is 10.8 Å². The fraction of sp³-hybridized carbons (Fsp3) is 0.474. The number of rotatable bonds is 7. The summed E-state index contributed by atoms with van der Waals surface area (Å²) < 4.78 is 5.86. The molecule has 0 radical (unpaired) electrons. The van der Waals surface area contributed by atoms with Crippen LogP contribution in [0.25, 0.3) is 11.3 Å². The van der Waals surface area contributed by atoms with Gasteiger partial charge >= 0.3 is 0 Å². The van der Waals surface area contributed by atoms with Gasteiger partial charge < -0.3 is 9.64 Å². The molecule has 0 spiro atoms. The van der Waals surface area contributed by atoms with E-state index in [1.807, 2.05) is 42.7 Å². The Morgan fingerprint density at radius 1 is 1.00 bits per heavy atom. The molecule has 0 saturated carbocycles. The van der Waals surface area contributed by atoms with Crippen molar-refractivity contribution in [3.8, 4) is 17.0 Å². The average Bonchev–Trinajstić information content (AvgIpc) is 2.67. The van der Waals surface area contributed by atoms with Crippen LogP contribution in [0.2, 0.25) is 0 Å². The topological polar surface area (TPSA) is 38.2 Å². The Bertz CT molecular complexity index is 610. The molecule has 24 heavy (non-hydrogen) atoms. The van der Waals surface area contributed by atoms with E-state index in [0.29, 0.717) is 0 Å². The number of ether oxygens (including phenoxy) is 1. The number of piperidine rings is 1. The Labute approximate surface area is 148 Å². The van der Waals surface area contributed by atoms with Crippen molar-refractivity contribution < 1.29 is 4.74 Å². The van der Waals surface area contributed by atoms with Crippen LogP contribution in [0.3, 0.4) is 0 Å². The maximum absolute atomic E-state index is 5.86. The molecule has 1 fully saturated rings. The van der Waals surface area contributed by atoms with Gasteiger partial charge in [-0.2, -0.15) is 0 Å². The van der Waals surface area contributed by atoms with E-state index in [9.17, 15) is 0 Å². The number of hydrogen-bond donors (Lipinski definition) is 0. The summed E-state index contributed by atoms with van der Waals surface area (Å²) in [6.45, 7) is 4.43. The van der Waals surface area contributed by atoms with Crippen molar-refractivity contribution in [2.75, 3.05) is 32.5 Å². The van der Waals surface area contributed by atoms with Gasteiger partial charge in [-0.05, 0) is 75.0 Å². The van der Waals surface area contributed by atoms with Gasteiger partial charge in [0.05, 0.1) is 12.3 Å². The molecule has 0 bridgehead atoms. The minimum Gasteiger partial charge on any atom is -0.494 e. The smallest absolute Gasteiger partial charge is 0.119 e. The maximum atomic E-state index is 5.86. The van der Waals surface area contributed by atoms with Crippen LogP contribution in [0.4, 0.5) is 0 Å². The lowest BCUT2D eigenvalue weighted by molar-refractivity contribution is 0.205. The SMILES string of the molecule is CSc1ccc(-c2ccc(OCCCN3CCCCC3)cc2)nn1. The van der Waals surface area contributed by atoms with E-state index in [0.717, 1.165) is 41.6 Å². The van der Waals surface area contributed by atoms with Crippen molar-refractivity contribution in [3.63, 3.8) is 0 Å². The first-order valence-electron chi connectivity index (χ1n) is 8.68. The molecule has 1 aliphatic heterocycles.